The molecule has 184 valence electrons. The maximum absolute atomic E-state index is 11.6. The fourth-order valence-electron chi connectivity index (χ4n) is 4.00. The lowest BCUT2D eigenvalue weighted by molar-refractivity contribution is -0.840. The van der Waals surface area contributed by atoms with Crippen molar-refractivity contribution in [2.75, 3.05) is 20.6 Å². The molecule has 0 aromatic carbocycles. The normalized spacial score (nSPS) is 20.1. The third-order valence-corrected chi connectivity index (χ3v) is 6.45. The molecule has 0 spiro atoms. The van der Waals surface area contributed by atoms with Crippen molar-refractivity contribution < 1.29 is 9.38 Å². The Labute approximate surface area is 199 Å². The first-order valence-electron chi connectivity index (χ1n) is 12.7. The van der Waals surface area contributed by atoms with Crippen LogP contribution >= 0.6 is 0 Å². The van der Waals surface area contributed by atoms with Gasteiger partial charge in [0.25, 0.3) is 0 Å². The Hall–Kier alpha value is -1.16. The Bertz CT molecular complexity index is 674. The largest absolute Gasteiger partial charge is 0.633 e. The van der Waals surface area contributed by atoms with Crippen LogP contribution in [0, 0.1) is 5.21 Å². The number of allylic oxidation sites excluding steroid dienone is 8. The number of hydrogen-bond acceptors (Lipinski definition) is 2. The van der Waals surface area contributed by atoms with Crippen molar-refractivity contribution in [3.8, 4) is 0 Å². The van der Waals surface area contributed by atoms with Crippen molar-refractivity contribution >= 4 is 0 Å². The second-order valence-electron chi connectivity index (χ2n) is 11.0. The highest BCUT2D eigenvalue weighted by Crippen LogP contribution is 2.38. The maximum atomic E-state index is 11.6. The quantitative estimate of drug-likeness (QED) is 0.0785. The van der Waals surface area contributed by atoms with Crippen LogP contribution in [0.4, 0.5) is 0 Å². The number of quaternary nitrogens is 1. The molecule has 1 unspecified atom stereocenters. The summed E-state index contributed by atoms with van der Waals surface area (Å²) in [6, 6.07) is 0. The predicted octanol–water partition coefficient (Wildman–Crippen LogP) is 8.42. The van der Waals surface area contributed by atoms with Gasteiger partial charge in [-0.25, -0.2) is 0 Å². The third kappa shape index (κ3) is 14.8. The zero-order valence-corrected chi connectivity index (χ0v) is 22.4. The minimum Gasteiger partial charge on any atom is -0.633 e. The molecule has 0 amide bonds. The lowest BCUT2D eigenvalue weighted by Gasteiger charge is -2.33. The Morgan fingerprint density at radius 3 is 1.59 bits per heavy atom. The highest BCUT2D eigenvalue weighted by molar-refractivity contribution is 5.07. The van der Waals surface area contributed by atoms with Gasteiger partial charge in [-0.05, 0) is 99.3 Å². The molecule has 1 fully saturated rings. The zero-order valence-electron chi connectivity index (χ0n) is 22.4. The number of nitrogens with zero attached hydrogens (tertiary/aromatic N) is 1. The lowest BCUT2D eigenvalue weighted by Crippen LogP contribution is -2.33. The van der Waals surface area contributed by atoms with Gasteiger partial charge in [-0.1, -0.05) is 46.6 Å². The Morgan fingerprint density at radius 1 is 0.750 bits per heavy atom. The number of ether oxygens (including phenoxy) is 1. The van der Waals surface area contributed by atoms with Crippen molar-refractivity contribution in [2.24, 2.45) is 0 Å². The average molecular weight is 446 g/mol. The summed E-state index contributed by atoms with van der Waals surface area (Å²) < 4.78 is 5.49. The van der Waals surface area contributed by atoms with Crippen molar-refractivity contribution in [1.82, 2.24) is 0 Å². The Morgan fingerprint density at radius 2 is 1.16 bits per heavy atom. The van der Waals surface area contributed by atoms with Crippen LogP contribution in [-0.4, -0.2) is 37.0 Å². The van der Waals surface area contributed by atoms with Crippen molar-refractivity contribution in [3.63, 3.8) is 0 Å². The van der Waals surface area contributed by atoms with Gasteiger partial charge in [-0.3, -0.25) is 0 Å². The molecule has 0 bridgehead atoms. The van der Waals surface area contributed by atoms with Gasteiger partial charge in [-0.2, -0.15) is 0 Å². The van der Waals surface area contributed by atoms with E-state index in [-0.39, 0.29) is 10.2 Å². The molecule has 1 rings (SSSR count). The number of epoxide rings is 1. The molecule has 1 aliphatic rings. The first kappa shape index (κ1) is 28.9. The fraction of sp³-hybridized carbons (Fsp3) is 0.724. The molecular weight excluding hydrogens is 394 g/mol. The van der Waals surface area contributed by atoms with E-state index in [4.69, 9.17) is 4.74 Å². The first-order chi connectivity index (χ1) is 14.9. The van der Waals surface area contributed by atoms with Crippen molar-refractivity contribution in [3.05, 3.63) is 51.8 Å². The summed E-state index contributed by atoms with van der Waals surface area (Å²) >= 11 is 0. The molecule has 1 saturated heterocycles. The summed E-state index contributed by atoms with van der Waals surface area (Å²) in [7, 11) is 3.44. The van der Waals surface area contributed by atoms with Crippen LogP contribution in [0.2, 0.25) is 0 Å². The monoisotopic (exact) mass is 445 g/mol. The van der Waals surface area contributed by atoms with Crippen LogP contribution < -0.4 is 0 Å². The van der Waals surface area contributed by atoms with E-state index in [1.807, 2.05) is 0 Å². The molecule has 3 heteroatoms. The van der Waals surface area contributed by atoms with Gasteiger partial charge in [-0.15, -0.1) is 0 Å². The van der Waals surface area contributed by atoms with E-state index in [1.54, 1.807) is 14.1 Å². The first-order valence-corrected chi connectivity index (χ1v) is 12.7. The van der Waals surface area contributed by atoms with Gasteiger partial charge in [0.15, 0.2) is 0 Å². The SMILES string of the molecule is CC(=CCC/C=C(\C)CCC=C(C)CCC[N+](C)(C)[O-])CC/C=C(\C)CCC1OC1(C)C. The molecule has 0 aromatic rings. The second-order valence-corrected chi connectivity index (χ2v) is 11.0. The van der Waals surface area contributed by atoms with Crippen LogP contribution in [0.5, 0.6) is 0 Å². The second kappa shape index (κ2) is 14.2. The summed E-state index contributed by atoms with van der Waals surface area (Å²) in [5.41, 5.74) is 6.03. The van der Waals surface area contributed by atoms with E-state index in [2.05, 4.69) is 65.8 Å². The van der Waals surface area contributed by atoms with Gasteiger partial charge >= 0.3 is 0 Å². The highest BCUT2D eigenvalue weighted by Gasteiger charge is 2.46. The standard InChI is InChI=1S/C29H51NO2/c1-24(16-11-18-26(3)20-13-23-30(7,8)31)14-9-10-15-25(2)17-12-19-27(4)21-22-28-29(5,6)32-28/h14-15,18-19,28H,9-13,16-17,20-23H2,1-8H3/b24-14+,25-15?,26-18?,27-19+. The van der Waals surface area contributed by atoms with Gasteiger partial charge in [0.1, 0.15) is 0 Å². The number of hydrogen-bond donors (Lipinski definition) is 0. The minimum absolute atomic E-state index is 0.123. The van der Waals surface area contributed by atoms with Crippen LogP contribution in [0.3, 0.4) is 0 Å². The van der Waals surface area contributed by atoms with E-state index in [9.17, 15) is 5.21 Å². The number of unbranched alkanes of at least 4 members (excludes halogenated alkanes) is 1. The number of rotatable bonds is 16. The Kier molecular flexibility index (Phi) is 12.8. The molecule has 32 heavy (non-hydrogen) atoms. The van der Waals surface area contributed by atoms with Gasteiger partial charge in [0.2, 0.25) is 0 Å². The average Bonchev–Trinajstić information content (AvgIpc) is 3.29. The molecular formula is C29H51NO2. The predicted molar refractivity (Wildman–Crippen MR) is 140 cm³/mol. The zero-order chi connectivity index (χ0) is 24.2. The van der Waals surface area contributed by atoms with E-state index >= 15 is 0 Å². The molecule has 0 aliphatic carbocycles. The van der Waals surface area contributed by atoms with E-state index in [1.165, 1.54) is 22.3 Å². The van der Waals surface area contributed by atoms with Crippen LogP contribution in [0.25, 0.3) is 0 Å². The van der Waals surface area contributed by atoms with Crippen LogP contribution in [0.15, 0.2) is 46.6 Å². The molecule has 1 atom stereocenters. The summed E-state index contributed by atoms with van der Waals surface area (Å²) in [5, 5.41) is 11.6. The summed E-state index contributed by atoms with van der Waals surface area (Å²) in [6.07, 6.45) is 21.2. The van der Waals surface area contributed by atoms with E-state index in [0.717, 1.165) is 64.2 Å². The summed E-state index contributed by atoms with van der Waals surface area (Å²) in [5.74, 6) is 0. The van der Waals surface area contributed by atoms with Gasteiger partial charge < -0.3 is 14.6 Å². The van der Waals surface area contributed by atoms with Crippen LogP contribution in [-0.2, 0) is 4.74 Å². The molecule has 1 heterocycles. The van der Waals surface area contributed by atoms with Crippen molar-refractivity contribution in [1.29, 1.82) is 0 Å². The summed E-state index contributed by atoms with van der Waals surface area (Å²) in [4.78, 5) is 0. The molecule has 0 N–H and O–H groups in total. The maximum Gasteiger partial charge on any atom is 0.0892 e. The fourth-order valence-corrected chi connectivity index (χ4v) is 4.00. The summed E-state index contributed by atoms with van der Waals surface area (Å²) in [6.45, 7) is 14.0. The minimum atomic E-state index is -0.186. The molecule has 0 radical (unpaired) electrons. The van der Waals surface area contributed by atoms with E-state index in [0.29, 0.717) is 12.6 Å². The van der Waals surface area contributed by atoms with Gasteiger partial charge in [0.05, 0.1) is 32.3 Å². The molecule has 0 aromatic heterocycles. The molecule has 3 nitrogen and oxygen atoms in total. The third-order valence-electron chi connectivity index (χ3n) is 6.45. The Balaban J connectivity index is 2.15. The lowest BCUT2D eigenvalue weighted by atomic mass is 10.0. The van der Waals surface area contributed by atoms with E-state index < -0.39 is 0 Å². The van der Waals surface area contributed by atoms with Crippen LogP contribution in [0.1, 0.15) is 106 Å². The topological polar surface area (TPSA) is 35.6 Å². The number of hydroxylamine groups is 3. The molecule has 1 aliphatic heterocycles. The van der Waals surface area contributed by atoms with Crippen molar-refractivity contribution in [2.45, 2.75) is 117 Å². The highest BCUT2D eigenvalue weighted by atomic mass is 16.6. The molecule has 0 saturated carbocycles. The smallest absolute Gasteiger partial charge is 0.0892 e. The van der Waals surface area contributed by atoms with Gasteiger partial charge in [0, 0.05) is 6.42 Å².